The molecule has 0 aromatic carbocycles. The Labute approximate surface area is 145 Å². The van der Waals surface area contributed by atoms with Crippen molar-refractivity contribution < 1.29 is 19.4 Å². The highest BCUT2D eigenvalue weighted by molar-refractivity contribution is 5.67. The lowest BCUT2D eigenvalue weighted by molar-refractivity contribution is -0.138. The number of carboxylic acid groups (broad SMARTS) is 1. The zero-order chi connectivity index (χ0) is 18.4. The molecule has 136 valence electrons. The molecule has 0 saturated carbocycles. The van der Waals surface area contributed by atoms with Gasteiger partial charge in [-0.25, -0.2) is 4.79 Å². The van der Waals surface area contributed by atoms with Gasteiger partial charge in [0.25, 0.3) is 0 Å². The van der Waals surface area contributed by atoms with E-state index in [4.69, 9.17) is 9.84 Å². The van der Waals surface area contributed by atoms with Gasteiger partial charge in [0.1, 0.15) is 6.61 Å². The maximum absolute atomic E-state index is 11.3. The second-order valence-corrected chi connectivity index (χ2v) is 6.21. The highest BCUT2D eigenvalue weighted by Crippen LogP contribution is 2.23. The molecule has 0 aliphatic heterocycles. The molecule has 0 aliphatic carbocycles. The van der Waals surface area contributed by atoms with Crippen molar-refractivity contribution in [2.24, 2.45) is 11.8 Å². The van der Waals surface area contributed by atoms with E-state index < -0.39 is 12.1 Å². The molecule has 0 saturated heterocycles. The number of hydrogen-bond donors (Lipinski definition) is 2. The summed E-state index contributed by atoms with van der Waals surface area (Å²) in [5.41, 5.74) is 0.790. The monoisotopic (exact) mass is 337 g/mol. The molecule has 0 radical (unpaired) electrons. The largest absolute Gasteiger partial charge is 0.481 e. The van der Waals surface area contributed by atoms with Crippen molar-refractivity contribution in [3.05, 3.63) is 37.5 Å². The number of amides is 1. The minimum absolute atomic E-state index is 0.112. The van der Waals surface area contributed by atoms with Crippen LogP contribution in [0.3, 0.4) is 0 Å². The van der Waals surface area contributed by atoms with Gasteiger partial charge in [0.15, 0.2) is 0 Å². The lowest BCUT2D eigenvalue weighted by Gasteiger charge is -2.18. The topological polar surface area (TPSA) is 75.6 Å². The van der Waals surface area contributed by atoms with Crippen molar-refractivity contribution in [3.8, 4) is 0 Å². The summed E-state index contributed by atoms with van der Waals surface area (Å²) in [4.78, 5) is 22.3. The second kappa shape index (κ2) is 13.4. The summed E-state index contributed by atoms with van der Waals surface area (Å²) in [5.74, 6) is -0.151. The molecule has 0 heterocycles. The van der Waals surface area contributed by atoms with E-state index in [1.54, 1.807) is 6.08 Å². The molecule has 5 heteroatoms. The lowest BCUT2D eigenvalue weighted by atomic mass is 9.89. The molecule has 0 spiro atoms. The van der Waals surface area contributed by atoms with E-state index in [-0.39, 0.29) is 18.9 Å². The number of carbonyl (C=O) groups is 2. The van der Waals surface area contributed by atoms with Crippen molar-refractivity contribution in [1.29, 1.82) is 0 Å². The summed E-state index contributed by atoms with van der Waals surface area (Å²) < 4.78 is 5.02. The Morgan fingerprint density at radius 2 is 1.92 bits per heavy atom. The predicted molar refractivity (Wildman–Crippen MR) is 96.9 cm³/mol. The smallest absolute Gasteiger partial charge is 0.407 e. The quantitative estimate of drug-likeness (QED) is 0.463. The van der Waals surface area contributed by atoms with Crippen LogP contribution in [0.4, 0.5) is 4.79 Å². The molecule has 24 heavy (non-hydrogen) atoms. The third-order valence-corrected chi connectivity index (χ3v) is 3.80. The normalized spacial score (nSPS) is 12.7. The summed E-state index contributed by atoms with van der Waals surface area (Å²) in [6, 6.07) is 0. The number of carboxylic acids is 1. The van der Waals surface area contributed by atoms with Gasteiger partial charge in [-0.2, -0.15) is 0 Å². The van der Waals surface area contributed by atoms with Gasteiger partial charge in [0.2, 0.25) is 0 Å². The van der Waals surface area contributed by atoms with Gasteiger partial charge in [-0.05, 0) is 43.1 Å². The van der Waals surface area contributed by atoms with Crippen LogP contribution < -0.4 is 5.32 Å². The van der Waals surface area contributed by atoms with Crippen LogP contribution in [0.5, 0.6) is 0 Å². The number of allylic oxidation sites excluding steroid dienone is 1. The molecule has 0 bridgehead atoms. The number of hydrogen-bond acceptors (Lipinski definition) is 3. The van der Waals surface area contributed by atoms with Crippen LogP contribution in [0.2, 0.25) is 0 Å². The zero-order valence-corrected chi connectivity index (χ0v) is 14.8. The molecular formula is C19H31NO4. The van der Waals surface area contributed by atoms with E-state index in [0.29, 0.717) is 18.9 Å². The van der Waals surface area contributed by atoms with E-state index >= 15 is 0 Å². The Morgan fingerprint density at radius 3 is 2.50 bits per heavy atom. The fourth-order valence-electron chi connectivity index (χ4n) is 2.37. The maximum Gasteiger partial charge on any atom is 0.407 e. The third-order valence-electron chi connectivity index (χ3n) is 3.80. The van der Waals surface area contributed by atoms with Crippen molar-refractivity contribution >= 4 is 12.1 Å². The molecule has 0 fully saturated rings. The van der Waals surface area contributed by atoms with Crippen LogP contribution in [-0.2, 0) is 9.53 Å². The van der Waals surface area contributed by atoms with Gasteiger partial charge in [0.05, 0.1) is 0 Å². The van der Waals surface area contributed by atoms with Crippen molar-refractivity contribution in [1.82, 2.24) is 5.32 Å². The summed E-state index contributed by atoms with van der Waals surface area (Å²) in [5, 5.41) is 11.6. The summed E-state index contributed by atoms with van der Waals surface area (Å²) in [6.07, 6.45) is 7.32. The third kappa shape index (κ3) is 12.5. The van der Waals surface area contributed by atoms with Gasteiger partial charge in [-0.15, -0.1) is 13.2 Å². The number of carbonyl (C=O) groups excluding carboxylic acids is 1. The maximum atomic E-state index is 11.3. The van der Waals surface area contributed by atoms with E-state index in [9.17, 15) is 9.59 Å². The molecule has 0 aromatic heterocycles. The first-order valence-corrected chi connectivity index (χ1v) is 8.39. The number of alkyl carbamates (subject to hydrolysis) is 1. The van der Waals surface area contributed by atoms with Crippen LogP contribution in [0.25, 0.3) is 0 Å². The van der Waals surface area contributed by atoms with E-state index in [1.807, 2.05) is 6.08 Å². The number of rotatable bonds is 14. The molecule has 5 nitrogen and oxygen atoms in total. The van der Waals surface area contributed by atoms with Crippen molar-refractivity contribution in [2.75, 3.05) is 13.2 Å². The zero-order valence-electron chi connectivity index (χ0n) is 14.8. The molecule has 2 N–H and O–H groups in total. The van der Waals surface area contributed by atoms with Crippen LogP contribution in [0, 0.1) is 11.8 Å². The second-order valence-electron chi connectivity index (χ2n) is 6.21. The number of aliphatic carboxylic acids is 1. The van der Waals surface area contributed by atoms with E-state index in [1.165, 1.54) is 0 Å². The Hall–Kier alpha value is -2.04. The summed E-state index contributed by atoms with van der Waals surface area (Å²) in [6.45, 7) is 13.8. The van der Waals surface area contributed by atoms with Crippen molar-refractivity contribution in [2.45, 2.75) is 45.4 Å². The van der Waals surface area contributed by atoms with Gasteiger partial charge < -0.3 is 15.2 Å². The lowest BCUT2D eigenvalue weighted by Crippen LogP contribution is -2.24. The Morgan fingerprint density at radius 1 is 1.21 bits per heavy atom. The fraction of sp³-hybridized carbons (Fsp3) is 0.579. The number of nitrogens with one attached hydrogen (secondary N) is 1. The SMILES string of the molecule is C=CCNC(=O)OCC(=C)CCC(CCC(C)CC=C)CC(=O)O. The van der Waals surface area contributed by atoms with E-state index in [2.05, 4.69) is 32.0 Å². The molecular weight excluding hydrogens is 306 g/mol. The van der Waals surface area contributed by atoms with Crippen LogP contribution >= 0.6 is 0 Å². The van der Waals surface area contributed by atoms with Crippen LogP contribution in [-0.4, -0.2) is 30.3 Å². The first-order chi connectivity index (χ1) is 11.4. The Bertz CT molecular complexity index is 431. The molecule has 0 rings (SSSR count). The molecule has 2 unspecified atom stereocenters. The minimum Gasteiger partial charge on any atom is -0.481 e. The first kappa shape index (κ1) is 22.0. The fourth-order valence-corrected chi connectivity index (χ4v) is 2.37. The Kier molecular flexibility index (Phi) is 12.3. The molecule has 0 aromatic rings. The summed E-state index contributed by atoms with van der Waals surface area (Å²) in [7, 11) is 0. The van der Waals surface area contributed by atoms with Crippen LogP contribution in [0.1, 0.15) is 45.4 Å². The first-order valence-electron chi connectivity index (χ1n) is 8.39. The Balaban J connectivity index is 4.16. The molecule has 0 aliphatic rings. The van der Waals surface area contributed by atoms with Gasteiger partial charge in [0, 0.05) is 13.0 Å². The van der Waals surface area contributed by atoms with Gasteiger partial charge in [-0.1, -0.05) is 32.1 Å². The number of ether oxygens (including phenoxy) is 1. The average molecular weight is 337 g/mol. The van der Waals surface area contributed by atoms with Crippen LogP contribution in [0.15, 0.2) is 37.5 Å². The average Bonchev–Trinajstić information content (AvgIpc) is 2.53. The predicted octanol–water partition coefficient (Wildman–Crippen LogP) is 4.32. The molecule has 2 atom stereocenters. The van der Waals surface area contributed by atoms with Crippen molar-refractivity contribution in [3.63, 3.8) is 0 Å². The van der Waals surface area contributed by atoms with Gasteiger partial charge >= 0.3 is 12.1 Å². The standard InChI is InChI=1S/C19H31NO4/c1-5-7-15(3)8-10-17(13-18(21)22)11-9-16(4)14-24-19(23)20-12-6-2/h5-6,15,17H,1-2,4,7-14H2,3H3,(H,20,23)(H,21,22). The highest BCUT2D eigenvalue weighted by Gasteiger charge is 2.15. The van der Waals surface area contributed by atoms with E-state index in [0.717, 1.165) is 31.3 Å². The molecule has 1 amide bonds. The summed E-state index contributed by atoms with van der Waals surface area (Å²) >= 11 is 0. The van der Waals surface area contributed by atoms with Gasteiger partial charge in [-0.3, -0.25) is 4.79 Å². The highest BCUT2D eigenvalue weighted by atomic mass is 16.5. The minimum atomic E-state index is -0.776.